The number of nitrogens with zero attached hydrogens (tertiary/aromatic N) is 1. The molecule has 0 aliphatic heterocycles. The summed E-state index contributed by atoms with van der Waals surface area (Å²) in [5.74, 6) is 0. The summed E-state index contributed by atoms with van der Waals surface area (Å²) in [4.78, 5) is 4.62. The summed E-state index contributed by atoms with van der Waals surface area (Å²) in [6, 6.07) is 12.8. The van der Waals surface area contributed by atoms with Crippen LogP contribution in [0, 0.1) is 6.92 Å². The van der Waals surface area contributed by atoms with E-state index in [0.717, 1.165) is 5.56 Å². The van der Waals surface area contributed by atoms with Gasteiger partial charge in [-0.25, -0.2) is 4.98 Å². The summed E-state index contributed by atoms with van der Waals surface area (Å²) in [5.41, 5.74) is 3.11. The van der Waals surface area contributed by atoms with Gasteiger partial charge in [-0.2, -0.15) is 0 Å². The van der Waals surface area contributed by atoms with E-state index in [2.05, 4.69) is 4.98 Å². The van der Waals surface area contributed by atoms with Crippen LogP contribution in [0.4, 0.5) is 0 Å². The minimum absolute atomic E-state index is 0.369. The fraction of sp³-hybridized carbons (Fsp3) is 0.118. The molecule has 0 unspecified atom stereocenters. The van der Waals surface area contributed by atoms with Gasteiger partial charge in [0.25, 0.3) is 0 Å². The van der Waals surface area contributed by atoms with Crippen molar-refractivity contribution in [3.63, 3.8) is 0 Å². The van der Waals surface area contributed by atoms with Gasteiger partial charge in [0.2, 0.25) is 0 Å². The zero-order valence-electron chi connectivity index (χ0n) is 11.7. The Hall–Kier alpha value is -1.65. The molecule has 0 fully saturated rings. The highest BCUT2D eigenvalue weighted by Gasteiger charge is 2.19. The van der Waals surface area contributed by atoms with Gasteiger partial charge in [0.05, 0.1) is 16.2 Å². The van der Waals surface area contributed by atoms with Crippen molar-refractivity contribution < 1.29 is 10.2 Å². The quantitative estimate of drug-likeness (QED) is 0.679. The molecule has 1 heterocycles. The molecule has 22 heavy (non-hydrogen) atoms. The lowest BCUT2D eigenvalue weighted by Gasteiger charge is -2.17. The lowest BCUT2D eigenvalue weighted by Crippen LogP contribution is -2.04. The third-order valence-corrected chi connectivity index (χ3v) is 4.11. The molecule has 3 nitrogen and oxygen atoms in total. The Morgan fingerprint density at radius 2 is 1.73 bits per heavy atom. The first-order valence-corrected chi connectivity index (χ1v) is 7.45. The summed E-state index contributed by atoms with van der Waals surface area (Å²) >= 11 is 12.3. The molecule has 0 bridgehead atoms. The van der Waals surface area contributed by atoms with Gasteiger partial charge in [-0.1, -0.05) is 53.5 Å². The van der Waals surface area contributed by atoms with Gasteiger partial charge < -0.3 is 10.2 Å². The molecule has 0 aliphatic carbocycles. The number of rotatable bonds is 2. The third-order valence-electron chi connectivity index (χ3n) is 3.61. The van der Waals surface area contributed by atoms with Crippen LogP contribution in [0.3, 0.4) is 0 Å². The third kappa shape index (κ3) is 2.57. The topological polar surface area (TPSA) is 53.4 Å². The molecule has 1 aromatic heterocycles. The fourth-order valence-corrected chi connectivity index (χ4v) is 3.16. The molecule has 2 N–H and O–H groups in total. The maximum Gasteiger partial charge on any atom is 0.179 e. The summed E-state index contributed by atoms with van der Waals surface area (Å²) in [5, 5.41) is 20.9. The standard InChI is InChI=1S/C17H13Cl2NO2/c1-9-14(17(21)22)12-7-11(18)8-13(19)16(12)20-15(9)10-5-3-2-4-6-10/h2-8,17,21-22H,1H3. The Kier molecular flexibility index (Phi) is 4.06. The van der Waals surface area contributed by atoms with Crippen LogP contribution in [0.5, 0.6) is 0 Å². The number of pyridine rings is 1. The zero-order chi connectivity index (χ0) is 15.9. The normalized spacial score (nSPS) is 11.4. The number of fused-ring (bicyclic) bond motifs is 1. The Bertz CT molecular complexity index is 848. The minimum atomic E-state index is -1.64. The summed E-state index contributed by atoms with van der Waals surface area (Å²) in [6.45, 7) is 1.80. The predicted octanol–water partition coefficient (Wildman–Crippen LogP) is 4.50. The number of aliphatic hydroxyl groups excluding tert-OH is 1. The second-order valence-electron chi connectivity index (χ2n) is 5.02. The molecule has 0 spiro atoms. The number of halogens is 2. The van der Waals surface area contributed by atoms with Gasteiger partial charge in [-0.15, -0.1) is 0 Å². The lowest BCUT2D eigenvalue weighted by atomic mass is 9.97. The molecule has 112 valence electrons. The van der Waals surface area contributed by atoms with Crippen molar-refractivity contribution >= 4 is 34.1 Å². The first kappa shape index (κ1) is 15.3. The molecule has 0 amide bonds. The van der Waals surface area contributed by atoms with E-state index in [9.17, 15) is 10.2 Å². The fourth-order valence-electron chi connectivity index (χ4n) is 2.62. The molecular formula is C17H13Cl2NO2. The average Bonchev–Trinajstić information content (AvgIpc) is 2.47. The van der Waals surface area contributed by atoms with E-state index in [1.54, 1.807) is 19.1 Å². The van der Waals surface area contributed by atoms with E-state index in [0.29, 0.717) is 37.8 Å². The van der Waals surface area contributed by atoms with E-state index in [4.69, 9.17) is 23.2 Å². The van der Waals surface area contributed by atoms with Crippen molar-refractivity contribution in [3.05, 3.63) is 63.6 Å². The van der Waals surface area contributed by atoms with Gasteiger partial charge >= 0.3 is 0 Å². The Balaban J connectivity index is 2.44. The molecule has 0 saturated carbocycles. The van der Waals surface area contributed by atoms with Crippen LogP contribution >= 0.6 is 23.2 Å². The number of aliphatic hydroxyl groups is 2. The second-order valence-corrected chi connectivity index (χ2v) is 5.87. The average molecular weight is 334 g/mol. The SMILES string of the molecule is Cc1c(-c2ccccc2)nc2c(Cl)cc(Cl)cc2c1C(O)O. The zero-order valence-corrected chi connectivity index (χ0v) is 13.2. The summed E-state index contributed by atoms with van der Waals surface area (Å²) in [7, 11) is 0. The van der Waals surface area contributed by atoms with Gasteiger partial charge in [0.15, 0.2) is 6.29 Å². The highest BCUT2D eigenvalue weighted by Crippen LogP contribution is 2.36. The van der Waals surface area contributed by atoms with Crippen LogP contribution in [0.1, 0.15) is 17.4 Å². The van der Waals surface area contributed by atoms with Gasteiger partial charge in [-0.3, -0.25) is 0 Å². The molecule has 3 rings (SSSR count). The van der Waals surface area contributed by atoms with E-state index in [-0.39, 0.29) is 0 Å². The molecule has 0 atom stereocenters. The summed E-state index contributed by atoms with van der Waals surface area (Å²) in [6.07, 6.45) is -1.64. The maximum absolute atomic E-state index is 9.80. The Labute approximate surface area is 137 Å². The maximum atomic E-state index is 9.80. The minimum Gasteiger partial charge on any atom is -0.364 e. The Morgan fingerprint density at radius 1 is 1.05 bits per heavy atom. The molecule has 5 heteroatoms. The van der Waals surface area contributed by atoms with Gasteiger partial charge in [0, 0.05) is 21.5 Å². The first-order valence-electron chi connectivity index (χ1n) is 6.70. The monoisotopic (exact) mass is 333 g/mol. The molecule has 2 aromatic carbocycles. The molecule has 3 aromatic rings. The van der Waals surface area contributed by atoms with Crippen LogP contribution < -0.4 is 0 Å². The van der Waals surface area contributed by atoms with E-state index < -0.39 is 6.29 Å². The second kappa shape index (κ2) is 5.86. The highest BCUT2D eigenvalue weighted by atomic mass is 35.5. The number of hydrogen-bond donors (Lipinski definition) is 2. The summed E-state index contributed by atoms with van der Waals surface area (Å²) < 4.78 is 0. The number of benzene rings is 2. The van der Waals surface area contributed by atoms with Crippen LogP contribution in [-0.2, 0) is 0 Å². The van der Waals surface area contributed by atoms with Crippen molar-refractivity contribution in [2.24, 2.45) is 0 Å². The van der Waals surface area contributed by atoms with Crippen LogP contribution in [0.25, 0.3) is 22.2 Å². The van der Waals surface area contributed by atoms with Crippen molar-refractivity contribution in [1.82, 2.24) is 4.98 Å². The van der Waals surface area contributed by atoms with Crippen molar-refractivity contribution in [2.45, 2.75) is 13.2 Å². The van der Waals surface area contributed by atoms with Crippen molar-refractivity contribution in [3.8, 4) is 11.3 Å². The lowest BCUT2D eigenvalue weighted by molar-refractivity contribution is -0.0417. The molecule has 0 saturated heterocycles. The van der Waals surface area contributed by atoms with Gasteiger partial charge in [0.1, 0.15) is 0 Å². The van der Waals surface area contributed by atoms with Gasteiger partial charge in [-0.05, 0) is 24.6 Å². The predicted molar refractivity (Wildman–Crippen MR) is 89.1 cm³/mol. The largest absolute Gasteiger partial charge is 0.364 e. The number of hydrogen-bond acceptors (Lipinski definition) is 3. The molecular weight excluding hydrogens is 321 g/mol. The molecule has 0 radical (unpaired) electrons. The first-order chi connectivity index (χ1) is 10.5. The van der Waals surface area contributed by atoms with Crippen LogP contribution in [-0.4, -0.2) is 15.2 Å². The van der Waals surface area contributed by atoms with E-state index in [1.165, 1.54) is 0 Å². The Morgan fingerprint density at radius 3 is 2.36 bits per heavy atom. The van der Waals surface area contributed by atoms with E-state index in [1.807, 2.05) is 30.3 Å². The highest BCUT2D eigenvalue weighted by molar-refractivity contribution is 6.38. The molecule has 0 aliphatic rings. The van der Waals surface area contributed by atoms with Crippen molar-refractivity contribution in [1.29, 1.82) is 0 Å². The van der Waals surface area contributed by atoms with Crippen molar-refractivity contribution in [2.75, 3.05) is 0 Å². The van der Waals surface area contributed by atoms with Crippen LogP contribution in [0.15, 0.2) is 42.5 Å². The van der Waals surface area contributed by atoms with E-state index >= 15 is 0 Å². The smallest absolute Gasteiger partial charge is 0.179 e. The number of aromatic nitrogens is 1. The van der Waals surface area contributed by atoms with Crippen LogP contribution in [0.2, 0.25) is 10.0 Å².